The zero-order chi connectivity index (χ0) is 21.3. The van der Waals surface area contributed by atoms with Gasteiger partial charge in [-0.05, 0) is 41.8 Å². The summed E-state index contributed by atoms with van der Waals surface area (Å²) in [6.07, 6.45) is 5.21. The number of benzene rings is 2. The minimum Gasteiger partial charge on any atom is -0.364 e. The first-order valence-electron chi connectivity index (χ1n) is 10.3. The quantitative estimate of drug-likeness (QED) is 0.422. The molecule has 0 saturated carbocycles. The van der Waals surface area contributed by atoms with E-state index in [4.69, 9.17) is 0 Å². The van der Waals surface area contributed by atoms with Gasteiger partial charge in [-0.25, -0.2) is 0 Å². The Morgan fingerprint density at radius 2 is 1.77 bits per heavy atom. The average Bonchev–Trinajstić information content (AvgIpc) is 3.31. The molecular weight excluding hydrogens is 374 g/mol. The molecule has 0 atom stereocenters. The first-order valence-corrected chi connectivity index (χ1v) is 10.3. The summed E-state index contributed by atoms with van der Waals surface area (Å²) in [5, 5.41) is 6.70. The van der Waals surface area contributed by atoms with Crippen molar-refractivity contribution >= 4 is 17.6 Å². The molecule has 1 heterocycles. The van der Waals surface area contributed by atoms with Gasteiger partial charge >= 0.3 is 0 Å². The molecule has 0 fully saturated rings. The summed E-state index contributed by atoms with van der Waals surface area (Å²) in [4.78, 5) is 20.3. The number of hydrogen-bond acceptors (Lipinski definition) is 3. The molecule has 158 valence electrons. The number of nitrogens with one attached hydrogen (secondary N) is 2. The van der Waals surface area contributed by atoms with Crippen molar-refractivity contribution in [2.45, 2.75) is 13.0 Å². The Bertz CT molecular complexity index is 894. The summed E-state index contributed by atoms with van der Waals surface area (Å²) >= 11 is 0. The molecular formula is C24H31N5O. The van der Waals surface area contributed by atoms with Crippen molar-refractivity contribution in [3.63, 3.8) is 0 Å². The minimum absolute atomic E-state index is 0.0225. The van der Waals surface area contributed by atoms with Crippen LogP contribution < -0.4 is 15.5 Å². The molecule has 0 saturated heterocycles. The van der Waals surface area contributed by atoms with Gasteiger partial charge in [0.2, 0.25) is 0 Å². The van der Waals surface area contributed by atoms with Crippen molar-refractivity contribution < 1.29 is 4.79 Å². The van der Waals surface area contributed by atoms with Gasteiger partial charge in [-0.2, -0.15) is 0 Å². The van der Waals surface area contributed by atoms with Gasteiger partial charge < -0.3 is 20.4 Å². The van der Waals surface area contributed by atoms with Gasteiger partial charge in [0, 0.05) is 58.6 Å². The lowest BCUT2D eigenvalue weighted by molar-refractivity contribution is 0.0827. The van der Waals surface area contributed by atoms with Gasteiger partial charge in [0.15, 0.2) is 5.96 Å². The Morgan fingerprint density at radius 1 is 1.03 bits per heavy atom. The maximum absolute atomic E-state index is 12.1. The van der Waals surface area contributed by atoms with Crippen LogP contribution in [0.4, 0.5) is 5.69 Å². The highest BCUT2D eigenvalue weighted by Gasteiger charge is 2.09. The predicted octanol–water partition coefficient (Wildman–Crippen LogP) is 2.67. The van der Waals surface area contributed by atoms with E-state index in [0.717, 1.165) is 37.6 Å². The van der Waals surface area contributed by atoms with Crippen molar-refractivity contribution in [1.29, 1.82) is 0 Å². The molecule has 0 unspecified atom stereocenters. The lowest BCUT2D eigenvalue weighted by Gasteiger charge is -2.18. The highest BCUT2D eigenvalue weighted by molar-refractivity contribution is 5.94. The lowest BCUT2D eigenvalue weighted by atomic mass is 10.1. The first kappa shape index (κ1) is 21.4. The molecule has 2 aromatic rings. The third kappa shape index (κ3) is 5.86. The highest BCUT2D eigenvalue weighted by atomic mass is 16.2. The monoisotopic (exact) mass is 405 g/mol. The zero-order valence-electron chi connectivity index (χ0n) is 18.1. The molecule has 0 spiro atoms. The molecule has 1 aliphatic rings. The fourth-order valence-corrected chi connectivity index (χ4v) is 3.36. The fourth-order valence-electron chi connectivity index (χ4n) is 3.36. The molecule has 2 N–H and O–H groups in total. The van der Waals surface area contributed by atoms with E-state index in [9.17, 15) is 4.79 Å². The van der Waals surface area contributed by atoms with Crippen molar-refractivity contribution in [2.75, 3.05) is 45.7 Å². The maximum Gasteiger partial charge on any atom is 0.253 e. The van der Waals surface area contributed by atoms with Gasteiger partial charge in [-0.15, -0.1) is 0 Å². The number of amides is 1. The Hall–Kier alpha value is -3.28. The van der Waals surface area contributed by atoms with Crippen molar-refractivity contribution in [2.24, 2.45) is 4.99 Å². The molecule has 3 rings (SSSR count). The molecule has 0 radical (unpaired) electrons. The van der Waals surface area contributed by atoms with Gasteiger partial charge in [-0.1, -0.05) is 36.4 Å². The molecule has 0 aromatic heterocycles. The average molecular weight is 406 g/mol. The second-order valence-corrected chi connectivity index (χ2v) is 7.55. The minimum atomic E-state index is 0.0225. The number of nitrogens with zero attached hydrogens (tertiary/aromatic N) is 3. The largest absolute Gasteiger partial charge is 0.364 e. The van der Waals surface area contributed by atoms with Gasteiger partial charge in [-0.3, -0.25) is 9.79 Å². The van der Waals surface area contributed by atoms with Gasteiger partial charge in [0.05, 0.1) is 0 Å². The van der Waals surface area contributed by atoms with Crippen LogP contribution in [0.1, 0.15) is 21.5 Å². The Morgan fingerprint density at radius 3 is 2.43 bits per heavy atom. The van der Waals surface area contributed by atoms with E-state index >= 15 is 0 Å². The summed E-state index contributed by atoms with van der Waals surface area (Å²) < 4.78 is 0. The van der Waals surface area contributed by atoms with Crippen LogP contribution >= 0.6 is 0 Å². The third-order valence-corrected chi connectivity index (χ3v) is 5.09. The predicted molar refractivity (Wildman–Crippen MR) is 124 cm³/mol. The van der Waals surface area contributed by atoms with Gasteiger partial charge in [0.1, 0.15) is 0 Å². The molecule has 6 nitrogen and oxygen atoms in total. The molecule has 0 bridgehead atoms. The summed E-state index contributed by atoms with van der Waals surface area (Å²) in [6, 6.07) is 16.4. The second kappa shape index (κ2) is 10.5. The van der Waals surface area contributed by atoms with Crippen LogP contribution in [0.25, 0.3) is 0 Å². The SMILES string of the molecule is CN=C(NCCc1cccc(C(=O)N(C)C)c1)NCc1ccc(N2CC=CC2)cc1. The number of rotatable bonds is 7. The smallest absolute Gasteiger partial charge is 0.253 e. The highest BCUT2D eigenvalue weighted by Crippen LogP contribution is 2.17. The van der Waals surface area contributed by atoms with Crippen molar-refractivity contribution in [3.8, 4) is 0 Å². The van der Waals surface area contributed by atoms with Crippen LogP contribution in [0, 0.1) is 0 Å². The normalized spacial score (nSPS) is 13.4. The molecule has 1 aliphatic heterocycles. The third-order valence-electron chi connectivity index (χ3n) is 5.09. The number of carbonyl (C=O) groups is 1. The van der Waals surface area contributed by atoms with Crippen LogP contribution in [0.5, 0.6) is 0 Å². The Labute approximate surface area is 179 Å². The summed E-state index contributed by atoms with van der Waals surface area (Å²) in [5.74, 6) is 0.789. The fraction of sp³-hybridized carbons (Fsp3) is 0.333. The number of anilines is 1. The molecule has 6 heteroatoms. The van der Waals surface area contributed by atoms with E-state index in [1.165, 1.54) is 11.3 Å². The molecule has 0 aliphatic carbocycles. The van der Waals surface area contributed by atoms with Crippen LogP contribution in [0.3, 0.4) is 0 Å². The van der Waals surface area contributed by atoms with E-state index in [2.05, 4.69) is 56.9 Å². The van der Waals surface area contributed by atoms with Gasteiger partial charge in [0.25, 0.3) is 5.91 Å². The summed E-state index contributed by atoms with van der Waals surface area (Å²) in [5.41, 5.74) is 4.30. The second-order valence-electron chi connectivity index (χ2n) is 7.55. The maximum atomic E-state index is 12.1. The Balaban J connectivity index is 1.45. The van der Waals surface area contributed by atoms with E-state index in [1.807, 2.05) is 24.3 Å². The van der Waals surface area contributed by atoms with Crippen LogP contribution in [0.2, 0.25) is 0 Å². The van der Waals surface area contributed by atoms with Crippen LogP contribution in [-0.4, -0.2) is 57.5 Å². The van der Waals surface area contributed by atoms with Crippen LogP contribution in [0.15, 0.2) is 65.7 Å². The molecule has 30 heavy (non-hydrogen) atoms. The topological polar surface area (TPSA) is 60.0 Å². The van der Waals surface area contributed by atoms with E-state index in [0.29, 0.717) is 12.1 Å². The molecule has 2 aromatic carbocycles. The first-order chi connectivity index (χ1) is 14.6. The van der Waals surface area contributed by atoms with Crippen LogP contribution in [-0.2, 0) is 13.0 Å². The number of hydrogen-bond donors (Lipinski definition) is 2. The number of carbonyl (C=O) groups excluding carboxylic acids is 1. The summed E-state index contributed by atoms with van der Waals surface area (Å²) in [6.45, 7) is 3.42. The van der Waals surface area contributed by atoms with E-state index in [1.54, 1.807) is 26.0 Å². The van der Waals surface area contributed by atoms with Crippen molar-refractivity contribution in [1.82, 2.24) is 15.5 Å². The van der Waals surface area contributed by atoms with Crippen molar-refractivity contribution in [3.05, 3.63) is 77.4 Å². The zero-order valence-corrected chi connectivity index (χ0v) is 18.1. The number of guanidine groups is 1. The summed E-state index contributed by atoms with van der Waals surface area (Å²) in [7, 11) is 5.31. The van der Waals surface area contributed by atoms with E-state index in [-0.39, 0.29) is 5.91 Å². The standard InChI is InChI=1S/C24H31N5O/c1-25-24(26-14-13-19-7-6-8-21(17-19)23(30)28(2)3)27-18-20-9-11-22(12-10-20)29-15-4-5-16-29/h4-12,17H,13-16,18H2,1-3H3,(H2,25,26,27). The Kier molecular flexibility index (Phi) is 7.49. The number of aliphatic imine (C=N–C) groups is 1. The lowest BCUT2D eigenvalue weighted by Crippen LogP contribution is -2.37. The van der Waals surface area contributed by atoms with E-state index < -0.39 is 0 Å². The molecule has 1 amide bonds.